The SMILES string of the molecule is C[C@H](C(=O)O)[C@H]1CCN(C(=O)OC(C)(C)C)[C@@H](C)C1. The number of amides is 1. The summed E-state index contributed by atoms with van der Waals surface area (Å²) in [6.45, 7) is 9.78. The van der Waals surface area contributed by atoms with E-state index in [1.54, 1.807) is 11.8 Å². The number of nitrogens with zero attached hydrogens (tertiary/aromatic N) is 1. The van der Waals surface area contributed by atoms with Crippen molar-refractivity contribution in [2.45, 2.75) is 59.1 Å². The monoisotopic (exact) mass is 271 g/mol. The lowest BCUT2D eigenvalue weighted by atomic mass is 9.82. The van der Waals surface area contributed by atoms with Gasteiger partial charge >= 0.3 is 12.1 Å². The molecule has 0 unspecified atom stereocenters. The predicted octanol–water partition coefficient (Wildman–Crippen LogP) is 2.74. The predicted molar refractivity (Wildman–Crippen MR) is 71.9 cm³/mol. The first-order valence-electron chi connectivity index (χ1n) is 6.84. The topological polar surface area (TPSA) is 66.8 Å². The highest BCUT2D eigenvalue weighted by molar-refractivity contribution is 5.70. The van der Waals surface area contributed by atoms with Crippen LogP contribution in [0.2, 0.25) is 0 Å². The fourth-order valence-electron chi connectivity index (χ4n) is 2.46. The minimum Gasteiger partial charge on any atom is -0.481 e. The van der Waals surface area contributed by atoms with Gasteiger partial charge in [-0.25, -0.2) is 4.79 Å². The van der Waals surface area contributed by atoms with Crippen molar-refractivity contribution in [2.75, 3.05) is 6.54 Å². The Kier molecular flexibility index (Phi) is 4.82. The lowest BCUT2D eigenvalue weighted by Gasteiger charge is -2.39. The van der Waals surface area contributed by atoms with Gasteiger partial charge < -0.3 is 14.7 Å². The molecular weight excluding hydrogens is 246 g/mol. The highest BCUT2D eigenvalue weighted by Gasteiger charge is 2.35. The van der Waals surface area contributed by atoms with E-state index < -0.39 is 11.6 Å². The van der Waals surface area contributed by atoms with Crippen molar-refractivity contribution in [1.82, 2.24) is 4.90 Å². The van der Waals surface area contributed by atoms with E-state index in [-0.39, 0.29) is 24.0 Å². The zero-order chi connectivity index (χ0) is 14.8. The molecule has 0 aliphatic carbocycles. The average Bonchev–Trinajstić information content (AvgIpc) is 2.25. The van der Waals surface area contributed by atoms with E-state index in [0.29, 0.717) is 13.0 Å². The van der Waals surface area contributed by atoms with Gasteiger partial charge in [-0.2, -0.15) is 0 Å². The number of piperidine rings is 1. The largest absolute Gasteiger partial charge is 0.481 e. The number of carbonyl (C=O) groups excluding carboxylic acids is 1. The van der Waals surface area contributed by atoms with Crippen molar-refractivity contribution in [1.29, 1.82) is 0 Å². The lowest BCUT2D eigenvalue weighted by Crippen LogP contribution is -2.48. The summed E-state index contributed by atoms with van der Waals surface area (Å²) in [5.41, 5.74) is -0.498. The van der Waals surface area contributed by atoms with Crippen LogP contribution in [0.4, 0.5) is 4.79 Å². The summed E-state index contributed by atoms with van der Waals surface area (Å²) in [4.78, 5) is 24.7. The van der Waals surface area contributed by atoms with Crippen LogP contribution in [0, 0.1) is 11.8 Å². The second-order valence-corrected chi connectivity index (χ2v) is 6.43. The van der Waals surface area contributed by atoms with Crippen LogP contribution in [-0.2, 0) is 9.53 Å². The first-order valence-corrected chi connectivity index (χ1v) is 6.84. The van der Waals surface area contributed by atoms with Gasteiger partial charge in [0, 0.05) is 12.6 Å². The average molecular weight is 271 g/mol. The number of carboxylic acids is 1. The molecule has 0 aromatic rings. The van der Waals surface area contributed by atoms with Crippen molar-refractivity contribution >= 4 is 12.1 Å². The van der Waals surface area contributed by atoms with Crippen LogP contribution in [0.1, 0.15) is 47.5 Å². The third-order valence-electron chi connectivity index (χ3n) is 3.64. The van der Waals surface area contributed by atoms with E-state index in [0.717, 1.165) is 6.42 Å². The summed E-state index contributed by atoms with van der Waals surface area (Å²) in [6.07, 6.45) is 1.13. The quantitative estimate of drug-likeness (QED) is 0.838. The van der Waals surface area contributed by atoms with Crippen molar-refractivity contribution < 1.29 is 19.4 Å². The third kappa shape index (κ3) is 4.40. The van der Waals surface area contributed by atoms with E-state index in [1.165, 1.54) is 0 Å². The lowest BCUT2D eigenvalue weighted by molar-refractivity contribution is -0.143. The molecular formula is C14H25NO4. The second kappa shape index (κ2) is 5.80. The number of hydrogen-bond acceptors (Lipinski definition) is 3. The molecule has 1 fully saturated rings. The Labute approximate surface area is 114 Å². The molecule has 1 rings (SSSR count). The van der Waals surface area contributed by atoms with Crippen LogP contribution in [-0.4, -0.2) is 40.3 Å². The normalized spacial score (nSPS) is 25.8. The van der Waals surface area contributed by atoms with Crippen molar-refractivity contribution in [3.8, 4) is 0 Å². The van der Waals surface area contributed by atoms with Crippen molar-refractivity contribution in [3.63, 3.8) is 0 Å². The number of carboxylic acid groups (broad SMARTS) is 1. The first kappa shape index (κ1) is 15.8. The van der Waals surface area contributed by atoms with E-state index in [1.807, 2.05) is 27.7 Å². The van der Waals surface area contributed by atoms with Gasteiger partial charge in [-0.3, -0.25) is 4.79 Å². The van der Waals surface area contributed by atoms with Gasteiger partial charge in [-0.05, 0) is 46.5 Å². The molecule has 5 heteroatoms. The molecule has 110 valence electrons. The molecule has 0 radical (unpaired) electrons. The standard InChI is InChI=1S/C14H25NO4/c1-9-8-11(10(2)12(16)17)6-7-15(9)13(18)19-14(3,4)5/h9-11H,6-8H2,1-5H3,(H,16,17)/t9-,10-,11-/m0/s1. The Bertz CT molecular complexity index is 348. The Balaban J connectivity index is 2.60. The zero-order valence-electron chi connectivity index (χ0n) is 12.5. The fraction of sp³-hybridized carbons (Fsp3) is 0.857. The smallest absolute Gasteiger partial charge is 0.410 e. The van der Waals surface area contributed by atoms with E-state index in [2.05, 4.69) is 0 Å². The van der Waals surface area contributed by atoms with Crippen LogP contribution in [0.25, 0.3) is 0 Å². The van der Waals surface area contributed by atoms with E-state index in [4.69, 9.17) is 9.84 Å². The maximum absolute atomic E-state index is 12.0. The van der Waals surface area contributed by atoms with Crippen LogP contribution in [0.5, 0.6) is 0 Å². The van der Waals surface area contributed by atoms with E-state index in [9.17, 15) is 9.59 Å². The van der Waals surface area contributed by atoms with E-state index >= 15 is 0 Å². The molecule has 3 atom stereocenters. The molecule has 0 saturated carbocycles. The zero-order valence-corrected chi connectivity index (χ0v) is 12.5. The number of ether oxygens (including phenoxy) is 1. The molecule has 0 aromatic carbocycles. The number of likely N-dealkylation sites (tertiary alicyclic amines) is 1. The van der Waals surface area contributed by atoms with Crippen molar-refractivity contribution in [3.05, 3.63) is 0 Å². The minimum absolute atomic E-state index is 0.0235. The minimum atomic E-state index is -0.761. The Morgan fingerprint density at radius 3 is 2.37 bits per heavy atom. The second-order valence-electron chi connectivity index (χ2n) is 6.43. The number of carbonyl (C=O) groups is 2. The highest BCUT2D eigenvalue weighted by atomic mass is 16.6. The molecule has 1 N–H and O–H groups in total. The van der Waals surface area contributed by atoms with Gasteiger partial charge in [0.05, 0.1) is 5.92 Å². The molecule has 1 aliphatic heterocycles. The fourth-order valence-corrected chi connectivity index (χ4v) is 2.46. The van der Waals surface area contributed by atoms with Gasteiger partial charge in [0.1, 0.15) is 5.60 Å². The number of aliphatic carboxylic acids is 1. The highest BCUT2D eigenvalue weighted by Crippen LogP contribution is 2.29. The molecule has 0 spiro atoms. The summed E-state index contributed by atoms with van der Waals surface area (Å²) >= 11 is 0. The van der Waals surface area contributed by atoms with Gasteiger partial charge in [0.2, 0.25) is 0 Å². The summed E-state index contributed by atoms with van der Waals surface area (Å²) in [5.74, 6) is -0.989. The molecule has 0 aromatic heterocycles. The Morgan fingerprint density at radius 2 is 1.95 bits per heavy atom. The maximum Gasteiger partial charge on any atom is 0.410 e. The Morgan fingerprint density at radius 1 is 1.37 bits per heavy atom. The molecule has 1 saturated heterocycles. The van der Waals surface area contributed by atoms with Gasteiger partial charge in [-0.15, -0.1) is 0 Å². The van der Waals surface area contributed by atoms with Crippen LogP contribution < -0.4 is 0 Å². The molecule has 0 bridgehead atoms. The number of hydrogen-bond donors (Lipinski definition) is 1. The Hall–Kier alpha value is -1.26. The molecule has 19 heavy (non-hydrogen) atoms. The summed E-state index contributed by atoms with van der Waals surface area (Å²) in [5, 5.41) is 9.04. The first-order chi connectivity index (χ1) is 8.61. The summed E-state index contributed by atoms with van der Waals surface area (Å²) in [6, 6.07) is 0.0235. The molecule has 5 nitrogen and oxygen atoms in total. The summed E-state index contributed by atoms with van der Waals surface area (Å²) < 4.78 is 5.36. The van der Waals surface area contributed by atoms with Gasteiger partial charge in [-0.1, -0.05) is 6.92 Å². The summed E-state index contributed by atoms with van der Waals surface area (Å²) in [7, 11) is 0. The van der Waals surface area contributed by atoms with Crippen LogP contribution in [0.15, 0.2) is 0 Å². The van der Waals surface area contributed by atoms with Gasteiger partial charge in [0.15, 0.2) is 0 Å². The molecule has 1 aliphatic rings. The number of rotatable bonds is 2. The van der Waals surface area contributed by atoms with Crippen LogP contribution >= 0.6 is 0 Å². The van der Waals surface area contributed by atoms with Crippen LogP contribution in [0.3, 0.4) is 0 Å². The molecule has 1 amide bonds. The van der Waals surface area contributed by atoms with Gasteiger partial charge in [0.25, 0.3) is 0 Å². The third-order valence-corrected chi connectivity index (χ3v) is 3.64. The molecule has 1 heterocycles. The van der Waals surface area contributed by atoms with Crippen molar-refractivity contribution in [2.24, 2.45) is 11.8 Å². The maximum atomic E-state index is 12.0.